The normalized spacial score (nSPS) is 13.1. The molecule has 0 aliphatic carbocycles. The molecular weight excluding hydrogens is 1040 g/mol. The van der Waals surface area contributed by atoms with Crippen LogP contribution in [0.15, 0.2) is 163 Å². The van der Waals surface area contributed by atoms with Crippen molar-refractivity contribution in [1.82, 2.24) is 9.55 Å². The van der Waals surface area contributed by atoms with E-state index < -0.39 is 0 Å². The number of fused-ring (bicyclic) bond motifs is 5. The number of aromatic nitrogens is 2. The predicted molar refractivity (Wildman–Crippen MR) is 287 cm³/mol. The van der Waals surface area contributed by atoms with Gasteiger partial charge in [0.05, 0.1) is 0 Å². The van der Waals surface area contributed by atoms with E-state index in [1.807, 2.05) is 6.07 Å². The Hall–Kier alpha value is -6.46. The van der Waals surface area contributed by atoms with E-state index >= 15 is 0 Å². The summed E-state index contributed by atoms with van der Waals surface area (Å²) < 4.78 is 9.20. The molecule has 0 unspecified atom stereocenters. The van der Waals surface area contributed by atoms with Crippen molar-refractivity contribution in [2.45, 2.75) is 78.6 Å². The van der Waals surface area contributed by atoms with Crippen LogP contribution >= 0.6 is 11.3 Å². The molecule has 0 fully saturated rings. The van der Waals surface area contributed by atoms with Gasteiger partial charge in [0.15, 0.2) is 0 Å². The van der Waals surface area contributed by atoms with Gasteiger partial charge in [-0.05, 0) is 91.7 Å². The Bertz CT molecular complexity index is 3470. The zero-order chi connectivity index (χ0) is 47.1. The van der Waals surface area contributed by atoms with Crippen LogP contribution in [0.2, 0.25) is 0 Å². The maximum Gasteiger partial charge on any atom is 0.137 e. The van der Waals surface area contributed by atoms with Gasteiger partial charge in [0.2, 0.25) is 0 Å². The monoisotopic (exact) mass is 1100 g/mol. The maximum absolute atomic E-state index is 6.95. The molecule has 1 aliphatic rings. The fourth-order valence-electron chi connectivity index (χ4n) is 9.59. The molecule has 348 valence electrons. The molecular formula is C62H55N4OPtS-3. The zero-order valence-corrected chi connectivity index (χ0v) is 43.7. The number of thiophene rings is 1. The van der Waals surface area contributed by atoms with E-state index in [4.69, 9.17) is 9.72 Å². The van der Waals surface area contributed by atoms with Gasteiger partial charge in [0.25, 0.3) is 0 Å². The van der Waals surface area contributed by atoms with Crippen molar-refractivity contribution in [3.8, 4) is 39.6 Å². The van der Waals surface area contributed by atoms with Crippen molar-refractivity contribution >= 4 is 66.1 Å². The Balaban J connectivity index is 0.00000553. The molecule has 0 amide bonds. The fourth-order valence-corrected chi connectivity index (χ4v) is 10.4. The minimum absolute atomic E-state index is 0. The summed E-state index contributed by atoms with van der Waals surface area (Å²) in [6, 6.07) is 64.1. The van der Waals surface area contributed by atoms with Crippen LogP contribution in [-0.4, -0.2) is 9.55 Å². The van der Waals surface area contributed by atoms with E-state index in [2.05, 4.69) is 253 Å². The molecule has 0 atom stereocenters. The average Bonchev–Trinajstić information content (AvgIpc) is 4.05. The molecule has 5 nitrogen and oxygen atoms in total. The second kappa shape index (κ2) is 17.5. The summed E-state index contributed by atoms with van der Waals surface area (Å²) in [5, 5.41) is 5.58. The summed E-state index contributed by atoms with van der Waals surface area (Å²) in [7, 11) is 0. The second-order valence-corrected chi connectivity index (χ2v) is 22.0. The molecule has 0 N–H and O–H groups in total. The third-order valence-electron chi connectivity index (χ3n) is 13.2. The Morgan fingerprint density at radius 1 is 0.536 bits per heavy atom. The van der Waals surface area contributed by atoms with Crippen molar-refractivity contribution in [2.24, 2.45) is 0 Å². The molecule has 0 saturated carbocycles. The Kier molecular flexibility index (Phi) is 11.7. The Morgan fingerprint density at radius 2 is 1.13 bits per heavy atom. The summed E-state index contributed by atoms with van der Waals surface area (Å²) in [5.74, 6) is 2.10. The van der Waals surface area contributed by atoms with Gasteiger partial charge in [0, 0.05) is 71.7 Å². The van der Waals surface area contributed by atoms with Gasteiger partial charge in [-0.2, -0.15) is 6.07 Å². The first-order valence-corrected chi connectivity index (χ1v) is 24.4. The summed E-state index contributed by atoms with van der Waals surface area (Å²) in [6.07, 6.45) is 0. The fraction of sp³-hybridized carbons (Fsp3) is 0.194. The SMILES string of the molecule is CC(C)(C)c1cc(Oc2[c-]c3c(cc2)c2ccccc2n3-c2cc(C(C)(C)C)c3ccsc3n2)[c-]c(N2[CH-]N(c3c(-c4ccccc4)cc(C(C)(C)C)cc3-c3ccccc3)c3ccccc32)c1.[Pt]. The van der Waals surface area contributed by atoms with Gasteiger partial charge >= 0.3 is 0 Å². The Morgan fingerprint density at radius 3 is 1.77 bits per heavy atom. The van der Waals surface area contributed by atoms with Gasteiger partial charge in [-0.25, -0.2) is 4.98 Å². The van der Waals surface area contributed by atoms with E-state index in [-0.39, 0.29) is 37.3 Å². The number of hydrogen-bond donors (Lipinski definition) is 0. The van der Waals surface area contributed by atoms with Crippen molar-refractivity contribution in [3.05, 3.63) is 199 Å². The summed E-state index contributed by atoms with van der Waals surface area (Å²) in [4.78, 5) is 10.9. The van der Waals surface area contributed by atoms with Crippen LogP contribution in [0.1, 0.15) is 79.0 Å². The molecule has 7 heteroatoms. The molecule has 0 spiro atoms. The van der Waals surface area contributed by atoms with E-state index in [0.29, 0.717) is 11.5 Å². The van der Waals surface area contributed by atoms with Crippen LogP contribution in [0.3, 0.4) is 0 Å². The minimum Gasteiger partial charge on any atom is -0.509 e. The van der Waals surface area contributed by atoms with Gasteiger partial charge in [-0.15, -0.1) is 65.0 Å². The van der Waals surface area contributed by atoms with Gasteiger partial charge in [-0.3, -0.25) is 0 Å². The summed E-state index contributed by atoms with van der Waals surface area (Å²) in [5.41, 5.74) is 14.1. The third-order valence-corrected chi connectivity index (χ3v) is 14.0. The van der Waals surface area contributed by atoms with Crippen molar-refractivity contribution in [1.29, 1.82) is 0 Å². The molecule has 3 aromatic heterocycles. The largest absolute Gasteiger partial charge is 0.509 e. The first-order valence-electron chi connectivity index (χ1n) is 23.5. The first-order chi connectivity index (χ1) is 32.6. The molecule has 0 bridgehead atoms. The van der Waals surface area contributed by atoms with Gasteiger partial charge in [-0.1, -0.05) is 159 Å². The predicted octanol–water partition coefficient (Wildman–Crippen LogP) is 17.4. The van der Waals surface area contributed by atoms with Crippen molar-refractivity contribution in [3.63, 3.8) is 0 Å². The van der Waals surface area contributed by atoms with E-state index in [9.17, 15) is 0 Å². The number of pyridine rings is 1. The number of hydrogen-bond acceptors (Lipinski definition) is 5. The number of nitrogens with zero attached hydrogens (tertiary/aromatic N) is 4. The second-order valence-electron chi connectivity index (χ2n) is 21.1. The third kappa shape index (κ3) is 8.46. The first kappa shape index (κ1) is 46.3. The average molecular weight is 1100 g/mol. The summed E-state index contributed by atoms with van der Waals surface area (Å²) >= 11 is 1.68. The summed E-state index contributed by atoms with van der Waals surface area (Å²) in [6.45, 7) is 22.7. The van der Waals surface area contributed by atoms with Gasteiger partial charge < -0.3 is 19.1 Å². The number of rotatable bonds is 7. The quantitative estimate of drug-likeness (QED) is 0.149. The van der Waals surface area contributed by atoms with Crippen LogP contribution in [-0.2, 0) is 37.3 Å². The van der Waals surface area contributed by atoms with Crippen LogP contribution in [0.4, 0.5) is 22.7 Å². The zero-order valence-electron chi connectivity index (χ0n) is 40.6. The number of anilines is 4. The molecule has 1 aliphatic heterocycles. The molecule has 0 saturated heterocycles. The maximum atomic E-state index is 6.95. The van der Waals surface area contributed by atoms with Crippen LogP contribution in [0, 0.1) is 18.8 Å². The van der Waals surface area contributed by atoms with Crippen LogP contribution < -0.4 is 14.5 Å². The van der Waals surface area contributed by atoms with Crippen molar-refractivity contribution < 1.29 is 25.8 Å². The van der Waals surface area contributed by atoms with Gasteiger partial charge in [0.1, 0.15) is 10.6 Å². The smallest absolute Gasteiger partial charge is 0.137 e. The standard InChI is InChI=1S/C62H55N4OS.Pt/c1-60(2,3)42-32-44(36-46(33-42)67-45-28-29-48-47-24-16-17-25-53(47)66(56(48)37-45)57-38-52(62(7,8)9)49-30-31-68-59(49)63-57)64-39-65(55-27-19-18-26-54(55)64)58-50(40-20-12-10-13-21-40)34-43(61(4,5)6)35-51(58)41-22-14-11-15-23-41;/h10-35,38-39H,1-9H3;/q-3;. The topological polar surface area (TPSA) is 33.5 Å². The van der Waals surface area contributed by atoms with Crippen LogP contribution in [0.5, 0.6) is 11.5 Å². The Labute approximate surface area is 425 Å². The molecule has 11 rings (SSSR count). The number of para-hydroxylation sites is 3. The molecule has 69 heavy (non-hydrogen) atoms. The molecule has 0 radical (unpaired) electrons. The van der Waals surface area contributed by atoms with E-state index in [1.54, 1.807) is 11.3 Å². The molecule has 4 heterocycles. The van der Waals surface area contributed by atoms with Crippen molar-refractivity contribution in [2.75, 3.05) is 9.80 Å². The molecule has 7 aromatic carbocycles. The number of ether oxygens (including phenoxy) is 1. The van der Waals surface area contributed by atoms with E-state index in [0.717, 1.165) is 71.9 Å². The van der Waals surface area contributed by atoms with E-state index in [1.165, 1.54) is 27.6 Å². The minimum atomic E-state index is -0.193. The molecule has 10 aromatic rings. The van der Waals surface area contributed by atoms with Crippen LogP contribution in [0.25, 0.3) is 60.1 Å². The number of benzene rings is 7.